The van der Waals surface area contributed by atoms with Gasteiger partial charge in [0.15, 0.2) is 23.1 Å². The van der Waals surface area contributed by atoms with Crippen molar-refractivity contribution in [3.63, 3.8) is 0 Å². The van der Waals surface area contributed by atoms with E-state index < -0.39 is 39.5 Å². The van der Waals surface area contributed by atoms with E-state index in [2.05, 4.69) is 61.0 Å². The number of hydrogen-bond acceptors (Lipinski definition) is 24. The van der Waals surface area contributed by atoms with Gasteiger partial charge in [0, 0.05) is 101 Å². The average molecular weight is 1980 g/mol. The summed E-state index contributed by atoms with van der Waals surface area (Å²) >= 11 is 43.1. The normalized spacial score (nSPS) is 16.4. The zero-order chi connectivity index (χ0) is 91.7. The van der Waals surface area contributed by atoms with Crippen molar-refractivity contribution in [2.24, 2.45) is 0 Å². The molecule has 0 spiro atoms. The maximum Gasteiger partial charge on any atom is 0.323 e. The van der Waals surface area contributed by atoms with Gasteiger partial charge in [-0.25, -0.2) is 8.78 Å². The highest BCUT2D eigenvalue weighted by molar-refractivity contribution is 9.10. The van der Waals surface area contributed by atoms with E-state index in [1.807, 2.05) is 42.5 Å². The van der Waals surface area contributed by atoms with Crippen LogP contribution in [0.1, 0.15) is 170 Å². The van der Waals surface area contributed by atoms with E-state index in [9.17, 15) is 77.2 Å². The van der Waals surface area contributed by atoms with Crippen LogP contribution in [0.15, 0.2) is 208 Å². The van der Waals surface area contributed by atoms with E-state index in [1.54, 1.807) is 102 Å². The van der Waals surface area contributed by atoms with Gasteiger partial charge in [0.05, 0.1) is 52.4 Å². The number of esters is 3. The van der Waals surface area contributed by atoms with Crippen molar-refractivity contribution in [1.82, 2.24) is 0 Å². The van der Waals surface area contributed by atoms with Gasteiger partial charge in [-0.3, -0.25) is 47.9 Å². The molecule has 0 amide bonds. The molecular weight excluding hydrogens is 1880 g/mol. The molecule has 4 heterocycles. The first-order valence-corrected chi connectivity index (χ1v) is 47.8. The van der Waals surface area contributed by atoms with Crippen LogP contribution >= 0.6 is 156 Å². The highest BCUT2D eigenvalue weighted by Gasteiger charge is 2.35. The summed E-state index contributed by atoms with van der Waals surface area (Å²) in [4.78, 5) is 113. The predicted molar refractivity (Wildman–Crippen MR) is 506 cm³/mol. The van der Waals surface area contributed by atoms with Crippen molar-refractivity contribution < 1.29 is 91.4 Å². The molecule has 4 N–H and O–H groups in total. The Kier molecular flexibility index (Phi) is 45.9. The molecular formula is C91H96BrCl5F2O17S7. The van der Waals surface area contributed by atoms with Gasteiger partial charge in [0.25, 0.3) is 0 Å². The second-order valence-corrected chi connectivity index (χ2v) is 39.6. The quantitative estimate of drug-likeness (QED) is 0.0290. The number of Topliss-reactive ketones (excluding diaryl/α,β-unsaturated/α-hetero) is 7. The van der Waals surface area contributed by atoms with Gasteiger partial charge in [-0.1, -0.05) is 180 Å². The van der Waals surface area contributed by atoms with Crippen molar-refractivity contribution >= 4 is 215 Å². The first kappa shape index (κ1) is 107. The summed E-state index contributed by atoms with van der Waals surface area (Å²) < 4.78 is 41.1. The van der Waals surface area contributed by atoms with Gasteiger partial charge in [-0.15, -0.1) is 82.3 Å². The van der Waals surface area contributed by atoms with E-state index in [0.717, 1.165) is 26.7 Å². The number of hydrogen-bond donors (Lipinski definition) is 4. The Hall–Kier alpha value is -6.96. The van der Waals surface area contributed by atoms with Gasteiger partial charge in [-0.2, -0.15) is 0 Å². The van der Waals surface area contributed by atoms with E-state index >= 15 is 0 Å². The number of rotatable bonds is 26. The summed E-state index contributed by atoms with van der Waals surface area (Å²) in [7, 11) is 3.93. The fourth-order valence-corrected chi connectivity index (χ4v) is 21.7. The van der Waals surface area contributed by atoms with Crippen LogP contribution in [-0.2, 0) is 67.6 Å². The number of benzene rings is 7. The zero-order valence-corrected chi connectivity index (χ0v) is 80.7. The molecule has 123 heavy (non-hydrogen) atoms. The highest BCUT2D eigenvalue weighted by Crippen LogP contribution is 2.48. The Bertz CT molecular complexity index is 4920. The van der Waals surface area contributed by atoms with Crippen LogP contribution in [0, 0.1) is 11.6 Å². The van der Waals surface area contributed by atoms with Crippen molar-refractivity contribution in [3.05, 3.63) is 289 Å². The van der Waals surface area contributed by atoms with Crippen LogP contribution < -0.4 is 0 Å². The average Bonchev–Trinajstić information content (AvgIpc) is 1.70. The molecule has 0 aromatic heterocycles. The Balaban J connectivity index is 0.000000255. The van der Waals surface area contributed by atoms with Crippen LogP contribution in [-0.4, -0.2) is 140 Å². The van der Waals surface area contributed by atoms with Crippen LogP contribution in [0.4, 0.5) is 8.78 Å². The number of halogens is 8. The first-order valence-electron chi connectivity index (χ1n) is 37.8. The number of carbonyl (C=O) groups is 10. The van der Waals surface area contributed by atoms with Crippen LogP contribution in [0.3, 0.4) is 0 Å². The number of thioether (sulfide) groups is 7. The third kappa shape index (κ3) is 34.3. The third-order valence-electron chi connectivity index (χ3n) is 18.2. The smallest absolute Gasteiger partial charge is 0.323 e. The summed E-state index contributed by atoms with van der Waals surface area (Å²) in [5.74, 6) is 2.73. The predicted octanol–water partition coefficient (Wildman–Crippen LogP) is 24.9. The maximum absolute atomic E-state index is 13.1. The minimum atomic E-state index is -0.593. The molecule has 660 valence electrons. The largest absolute Gasteiger partial charge is 0.510 e. The van der Waals surface area contributed by atoms with Gasteiger partial charge in [-0.05, 0) is 171 Å². The number of aliphatic hydroxyl groups is 4. The Morgan fingerprint density at radius 3 is 1.11 bits per heavy atom. The van der Waals surface area contributed by atoms with Crippen molar-refractivity contribution in [1.29, 1.82) is 0 Å². The summed E-state index contributed by atoms with van der Waals surface area (Å²) in [6.45, 7) is 17.0. The number of ether oxygens (including phenoxy) is 3. The molecule has 7 unspecified atom stereocenters. The van der Waals surface area contributed by atoms with E-state index in [-0.39, 0.29) is 95.8 Å². The van der Waals surface area contributed by atoms with Crippen molar-refractivity contribution in [2.75, 3.05) is 61.6 Å². The Morgan fingerprint density at radius 1 is 0.407 bits per heavy atom. The molecule has 0 aliphatic carbocycles. The van der Waals surface area contributed by atoms with E-state index in [4.69, 9.17) is 72.2 Å². The molecule has 7 aromatic rings. The third-order valence-corrected chi connectivity index (χ3v) is 29.1. The first-order chi connectivity index (χ1) is 58.0. The standard InChI is InChI=1S/C16H20O2S.C13H14Cl2O3S.2C13H15FO3S.C12H11BrO2S.C12H10Cl2O2S.C12H11ClO2S/c1-10(17)13-9-19-15(14(13)18)11-5-7-12(8-6-11)16(2,3)4;1-8(16)5-6-19-12(13(17)18-2)10-4-3-9(14)7-11(10)15;1-9(15)7-8-18-12(13(16)17-2)10-3-5-11(14)6-4-10;1-9(15)6-7-18-12(13(16)17-2)10-4-3-5-11(14)8-10;1-7(14)10-6-16-12(11(10)15)8-2-4-9(13)5-3-8;1-6(15)8-5-17-12(11(8)16)7-2-3-9(13)10(14)4-7;1-7(14)10-6-16-12(11(10)15)8-2-4-9(13)5-3-8/h5-8,15,18H,9H2,1-4H3;3-4,7,12H,5-6H2,1-2H3;3-6,12H,7-8H2,1-2H3;3-5,8,12H,6-7H2,1-2H3;2-5,12,15H,6H2,1H3;2-4,12,16H,5H2,1H3;2-5,12,15H,6H2,1H3. The molecule has 0 saturated heterocycles. The topological polar surface area (TPSA) is 279 Å². The second-order valence-electron chi connectivity index (χ2n) is 28.5. The highest BCUT2D eigenvalue weighted by atomic mass is 79.9. The van der Waals surface area contributed by atoms with Gasteiger partial charge >= 0.3 is 17.9 Å². The minimum Gasteiger partial charge on any atom is -0.510 e. The lowest BCUT2D eigenvalue weighted by Crippen LogP contribution is -2.12. The SMILES string of the molecule is CC(=O)C1=C(O)C(c2ccc(Br)cc2)SC1.CC(=O)C1=C(O)C(c2ccc(C(C)(C)C)cc2)SC1.CC(=O)C1=C(O)C(c2ccc(Cl)c(Cl)c2)SC1.CC(=O)C1=C(O)C(c2ccc(Cl)cc2)SC1.COC(=O)C(SCCC(C)=O)c1ccc(Cl)cc1Cl.COC(=O)C(SCCC(C)=O)c1ccc(F)cc1.COC(=O)C(SCCC(C)=O)c1cccc(F)c1. The molecule has 32 heteroatoms. The number of aliphatic hydroxyl groups excluding tert-OH is 4. The Labute approximate surface area is 780 Å². The molecule has 0 saturated carbocycles. The molecule has 0 fully saturated rings. The Morgan fingerprint density at radius 2 is 0.756 bits per heavy atom. The molecule has 4 aliphatic rings. The summed E-state index contributed by atoms with van der Waals surface area (Å²) in [6, 6.07) is 45.2. The lowest BCUT2D eigenvalue weighted by molar-refractivity contribution is -0.141. The lowest BCUT2D eigenvalue weighted by atomic mass is 9.86. The summed E-state index contributed by atoms with van der Waals surface area (Å²) in [5, 5.41) is 40.4. The van der Waals surface area contributed by atoms with Crippen LogP contribution in [0.25, 0.3) is 0 Å². The summed E-state index contributed by atoms with van der Waals surface area (Å²) in [6.07, 6.45) is 1.19. The van der Waals surface area contributed by atoms with E-state index in [1.165, 1.54) is 147 Å². The fraction of sp³-hybridized carbons (Fsp3) is 0.341. The van der Waals surface area contributed by atoms with Crippen molar-refractivity contribution in [3.8, 4) is 0 Å². The molecule has 7 atom stereocenters. The molecule has 17 nitrogen and oxygen atoms in total. The molecule has 7 aromatic carbocycles. The number of ketones is 7. The number of carbonyl (C=O) groups excluding carboxylic acids is 10. The van der Waals surface area contributed by atoms with E-state index in [0.29, 0.717) is 124 Å². The van der Waals surface area contributed by atoms with Gasteiger partial charge < -0.3 is 34.6 Å². The summed E-state index contributed by atoms with van der Waals surface area (Å²) in [5.41, 5.74) is 9.34. The van der Waals surface area contributed by atoms with Crippen LogP contribution in [0.5, 0.6) is 0 Å². The van der Waals surface area contributed by atoms with Crippen LogP contribution in [0.2, 0.25) is 25.1 Å². The second kappa shape index (κ2) is 53.0. The van der Waals surface area contributed by atoms with Crippen molar-refractivity contribution in [2.45, 2.75) is 131 Å². The van der Waals surface area contributed by atoms with Gasteiger partial charge in [0.2, 0.25) is 0 Å². The monoisotopic (exact) mass is 1980 g/mol. The zero-order valence-electron chi connectivity index (χ0n) is 69.6. The molecule has 0 bridgehead atoms. The minimum absolute atomic E-state index is 0.0289. The fourth-order valence-electron chi connectivity index (χ4n) is 11.4. The maximum atomic E-state index is 13.1. The molecule has 11 rings (SSSR count). The molecule has 0 radical (unpaired) electrons. The van der Waals surface area contributed by atoms with Gasteiger partial charge in [0.1, 0.15) is 67.8 Å². The number of methoxy groups -OCH3 is 3. The molecule has 4 aliphatic heterocycles. The lowest BCUT2D eigenvalue weighted by Gasteiger charge is -2.20.